The lowest BCUT2D eigenvalue weighted by atomic mass is 10.1. The maximum Gasteiger partial charge on any atom is 0.346 e. The van der Waals surface area contributed by atoms with E-state index in [1.54, 1.807) is 24.3 Å². The molecule has 0 amide bonds. The predicted octanol–water partition coefficient (Wildman–Crippen LogP) is 0.0121. The Labute approximate surface area is 93.5 Å². The Hall–Kier alpha value is -1.59. The highest BCUT2D eigenvalue weighted by Gasteiger charge is 2.18. The van der Waals surface area contributed by atoms with Crippen LogP contribution in [0.3, 0.4) is 0 Å². The van der Waals surface area contributed by atoms with E-state index in [0.29, 0.717) is 12.2 Å². The van der Waals surface area contributed by atoms with Gasteiger partial charge in [0.1, 0.15) is 5.75 Å². The zero-order valence-electron chi connectivity index (χ0n) is 8.80. The second-order valence-electron chi connectivity index (χ2n) is 3.26. The first-order valence-electron chi connectivity index (χ1n) is 4.97. The first kappa shape index (κ1) is 12.5. The third kappa shape index (κ3) is 3.22. The highest BCUT2D eigenvalue weighted by molar-refractivity contribution is 5.73. The van der Waals surface area contributed by atoms with Crippen LogP contribution in [0.2, 0.25) is 0 Å². The lowest BCUT2D eigenvalue weighted by molar-refractivity contribution is -0.144. The maximum atomic E-state index is 10.7. The van der Waals surface area contributed by atoms with Crippen LogP contribution in [0.5, 0.6) is 5.75 Å². The first-order valence-corrected chi connectivity index (χ1v) is 4.97. The summed E-state index contributed by atoms with van der Waals surface area (Å²) in [5.41, 5.74) is 6.06. The van der Waals surface area contributed by atoms with Crippen LogP contribution in [0.15, 0.2) is 24.3 Å². The summed E-state index contributed by atoms with van der Waals surface area (Å²) >= 11 is 0. The fraction of sp³-hybridized carbons (Fsp3) is 0.364. The number of aliphatic hydroxyl groups excluding tert-OH is 1. The summed E-state index contributed by atoms with van der Waals surface area (Å²) in [6.45, 7) is -0.108. The number of hydrogen-bond acceptors (Lipinski definition) is 4. The quantitative estimate of drug-likeness (QED) is 0.634. The number of para-hydroxylation sites is 1. The van der Waals surface area contributed by atoms with E-state index >= 15 is 0 Å². The first-order chi connectivity index (χ1) is 7.69. The molecule has 0 spiro atoms. The van der Waals surface area contributed by atoms with Gasteiger partial charge in [-0.3, -0.25) is 0 Å². The zero-order valence-corrected chi connectivity index (χ0v) is 8.80. The van der Waals surface area contributed by atoms with Crippen LogP contribution in [0.25, 0.3) is 0 Å². The van der Waals surface area contributed by atoms with E-state index in [-0.39, 0.29) is 13.2 Å². The molecule has 1 rings (SSSR count). The Morgan fingerprint density at radius 2 is 2.12 bits per heavy atom. The second kappa shape index (κ2) is 6.09. The van der Waals surface area contributed by atoms with E-state index in [1.807, 2.05) is 0 Å². The lowest BCUT2D eigenvalue weighted by Crippen LogP contribution is -2.35. The van der Waals surface area contributed by atoms with E-state index in [9.17, 15) is 4.79 Å². The van der Waals surface area contributed by atoms with Crippen molar-refractivity contribution in [1.29, 1.82) is 0 Å². The van der Waals surface area contributed by atoms with Crippen molar-refractivity contribution in [3.8, 4) is 5.75 Å². The summed E-state index contributed by atoms with van der Waals surface area (Å²) in [6, 6.07) is 6.99. The summed E-state index contributed by atoms with van der Waals surface area (Å²) in [5.74, 6) is -0.643. The molecule has 0 fully saturated rings. The molecule has 4 N–H and O–H groups in total. The average molecular weight is 225 g/mol. The standard InChI is InChI=1S/C11H15NO4/c12-7-10(11(14)15)16-9-4-2-1-3-8(9)5-6-13/h1-4,10,13H,5-7,12H2,(H,14,15). The fourth-order valence-corrected chi connectivity index (χ4v) is 1.30. The Bertz CT molecular complexity index is 354. The molecule has 0 radical (unpaired) electrons. The normalized spacial score (nSPS) is 12.1. The third-order valence-corrected chi connectivity index (χ3v) is 2.11. The molecule has 0 aliphatic heterocycles. The van der Waals surface area contributed by atoms with Crippen LogP contribution in [-0.2, 0) is 11.2 Å². The maximum absolute atomic E-state index is 10.7. The molecule has 0 bridgehead atoms. The van der Waals surface area contributed by atoms with Crippen molar-refractivity contribution in [2.24, 2.45) is 5.73 Å². The van der Waals surface area contributed by atoms with Crippen molar-refractivity contribution in [3.05, 3.63) is 29.8 Å². The molecule has 0 saturated carbocycles. The highest BCUT2D eigenvalue weighted by Crippen LogP contribution is 2.19. The molecule has 5 heteroatoms. The van der Waals surface area contributed by atoms with Gasteiger partial charge < -0.3 is 20.7 Å². The number of hydrogen-bond donors (Lipinski definition) is 3. The van der Waals surface area contributed by atoms with Gasteiger partial charge in [-0.25, -0.2) is 4.79 Å². The van der Waals surface area contributed by atoms with E-state index in [2.05, 4.69) is 0 Å². The second-order valence-corrected chi connectivity index (χ2v) is 3.26. The number of ether oxygens (including phenoxy) is 1. The van der Waals surface area contributed by atoms with Crippen molar-refractivity contribution in [3.63, 3.8) is 0 Å². The molecule has 1 aromatic rings. The summed E-state index contributed by atoms with van der Waals surface area (Å²) in [7, 11) is 0. The topological polar surface area (TPSA) is 92.8 Å². The SMILES string of the molecule is NCC(Oc1ccccc1CCO)C(=O)O. The van der Waals surface area contributed by atoms with E-state index in [0.717, 1.165) is 5.56 Å². The lowest BCUT2D eigenvalue weighted by Gasteiger charge is -2.15. The van der Waals surface area contributed by atoms with Gasteiger partial charge in [0.15, 0.2) is 0 Å². The van der Waals surface area contributed by atoms with Gasteiger partial charge in [0.25, 0.3) is 0 Å². The van der Waals surface area contributed by atoms with Crippen LogP contribution in [0, 0.1) is 0 Å². The van der Waals surface area contributed by atoms with Crippen molar-refractivity contribution < 1.29 is 19.7 Å². The van der Waals surface area contributed by atoms with Gasteiger partial charge in [0.2, 0.25) is 6.10 Å². The molecule has 0 aliphatic rings. The molecular formula is C11H15NO4. The van der Waals surface area contributed by atoms with Crippen LogP contribution in [0.1, 0.15) is 5.56 Å². The molecule has 16 heavy (non-hydrogen) atoms. The van der Waals surface area contributed by atoms with Gasteiger partial charge in [-0.05, 0) is 18.1 Å². The van der Waals surface area contributed by atoms with Crippen LogP contribution >= 0.6 is 0 Å². The summed E-state index contributed by atoms with van der Waals surface area (Å²) in [4.78, 5) is 10.7. The summed E-state index contributed by atoms with van der Waals surface area (Å²) < 4.78 is 5.27. The Balaban J connectivity index is 2.82. The Morgan fingerprint density at radius 1 is 1.44 bits per heavy atom. The molecule has 1 atom stereocenters. The number of aliphatic carboxylic acids is 1. The Kier molecular flexibility index (Phi) is 4.75. The van der Waals surface area contributed by atoms with E-state index < -0.39 is 12.1 Å². The Morgan fingerprint density at radius 3 is 2.69 bits per heavy atom. The number of aliphatic hydroxyl groups is 1. The number of nitrogens with two attached hydrogens (primary N) is 1. The third-order valence-electron chi connectivity index (χ3n) is 2.11. The minimum absolute atomic E-state index is 0.0132. The number of carboxylic acids is 1. The fourth-order valence-electron chi connectivity index (χ4n) is 1.30. The molecule has 5 nitrogen and oxygen atoms in total. The molecule has 0 aliphatic carbocycles. The van der Waals surface area contributed by atoms with E-state index in [1.165, 1.54) is 0 Å². The predicted molar refractivity (Wildman–Crippen MR) is 58.3 cm³/mol. The minimum Gasteiger partial charge on any atom is -0.478 e. The molecule has 0 aromatic heterocycles. The van der Waals surface area contributed by atoms with Gasteiger partial charge in [0, 0.05) is 13.2 Å². The molecule has 0 saturated heterocycles. The molecule has 1 aromatic carbocycles. The monoisotopic (exact) mass is 225 g/mol. The van der Waals surface area contributed by atoms with Crippen molar-refractivity contribution in [2.75, 3.05) is 13.2 Å². The van der Waals surface area contributed by atoms with Crippen molar-refractivity contribution in [1.82, 2.24) is 0 Å². The van der Waals surface area contributed by atoms with Crippen LogP contribution in [0.4, 0.5) is 0 Å². The van der Waals surface area contributed by atoms with Gasteiger partial charge in [-0.1, -0.05) is 18.2 Å². The summed E-state index contributed by atoms with van der Waals surface area (Å²) in [5, 5.41) is 17.6. The number of carbonyl (C=O) groups is 1. The van der Waals surface area contributed by atoms with Crippen molar-refractivity contribution in [2.45, 2.75) is 12.5 Å². The molecule has 1 unspecified atom stereocenters. The minimum atomic E-state index is -1.10. The highest BCUT2D eigenvalue weighted by atomic mass is 16.5. The zero-order chi connectivity index (χ0) is 12.0. The summed E-state index contributed by atoms with van der Waals surface area (Å²) in [6.07, 6.45) is -0.632. The van der Waals surface area contributed by atoms with Gasteiger partial charge in [-0.2, -0.15) is 0 Å². The molecule has 0 heterocycles. The van der Waals surface area contributed by atoms with E-state index in [4.69, 9.17) is 20.7 Å². The van der Waals surface area contributed by atoms with Crippen molar-refractivity contribution >= 4 is 5.97 Å². The number of benzene rings is 1. The van der Waals surface area contributed by atoms with Crippen LogP contribution in [-0.4, -0.2) is 35.4 Å². The largest absolute Gasteiger partial charge is 0.478 e. The molecule has 88 valence electrons. The number of rotatable bonds is 6. The number of carboxylic acid groups (broad SMARTS) is 1. The van der Waals surface area contributed by atoms with Crippen LogP contribution < -0.4 is 10.5 Å². The van der Waals surface area contributed by atoms with Gasteiger partial charge in [0.05, 0.1) is 0 Å². The smallest absolute Gasteiger partial charge is 0.346 e. The molecular weight excluding hydrogens is 210 g/mol. The van der Waals surface area contributed by atoms with Gasteiger partial charge in [-0.15, -0.1) is 0 Å². The average Bonchev–Trinajstić information content (AvgIpc) is 2.27. The van der Waals surface area contributed by atoms with Gasteiger partial charge >= 0.3 is 5.97 Å².